The summed E-state index contributed by atoms with van der Waals surface area (Å²) in [5.41, 5.74) is 1.24. The fourth-order valence-electron chi connectivity index (χ4n) is 3.51. The molecule has 1 N–H and O–H groups in total. The minimum atomic E-state index is -3.54. The molecular formula is C20H24ClNO4S. The number of methoxy groups -OCH3 is 1. The molecule has 3 rings (SSSR count). The highest BCUT2D eigenvalue weighted by atomic mass is 35.5. The number of hydrogen-bond acceptors (Lipinski definition) is 4. The average molecular weight is 410 g/mol. The summed E-state index contributed by atoms with van der Waals surface area (Å²) in [6.45, 7) is 1.47. The highest BCUT2D eigenvalue weighted by Crippen LogP contribution is 2.39. The maximum absolute atomic E-state index is 12.7. The van der Waals surface area contributed by atoms with Gasteiger partial charge >= 0.3 is 0 Å². The maximum Gasteiger partial charge on any atom is 0.215 e. The molecule has 1 fully saturated rings. The molecule has 7 heteroatoms. The van der Waals surface area contributed by atoms with Crippen molar-refractivity contribution >= 4 is 21.6 Å². The van der Waals surface area contributed by atoms with E-state index in [0.717, 1.165) is 24.2 Å². The number of rotatable bonds is 7. The molecule has 27 heavy (non-hydrogen) atoms. The Morgan fingerprint density at radius 3 is 2.48 bits per heavy atom. The number of nitrogens with one attached hydrogen (secondary N) is 1. The summed E-state index contributed by atoms with van der Waals surface area (Å²) in [6, 6.07) is 14.8. The monoisotopic (exact) mass is 409 g/mol. The molecule has 0 saturated carbocycles. The van der Waals surface area contributed by atoms with Crippen molar-refractivity contribution in [3.8, 4) is 5.75 Å². The zero-order valence-electron chi connectivity index (χ0n) is 15.3. The van der Waals surface area contributed by atoms with Crippen molar-refractivity contribution in [2.45, 2.75) is 24.0 Å². The molecule has 0 unspecified atom stereocenters. The summed E-state index contributed by atoms with van der Waals surface area (Å²) >= 11 is 6.12. The zero-order chi connectivity index (χ0) is 19.3. The van der Waals surface area contributed by atoms with Gasteiger partial charge in [0.25, 0.3) is 0 Å². The predicted octanol–water partition coefficient (Wildman–Crippen LogP) is 3.52. The van der Waals surface area contributed by atoms with E-state index in [0.29, 0.717) is 30.3 Å². The third kappa shape index (κ3) is 4.82. The van der Waals surface area contributed by atoms with Gasteiger partial charge in [0.2, 0.25) is 10.0 Å². The molecule has 1 aliphatic rings. The first-order valence-electron chi connectivity index (χ1n) is 8.88. The first kappa shape index (κ1) is 20.1. The van der Waals surface area contributed by atoms with Crippen LogP contribution in [0.25, 0.3) is 0 Å². The normalized spacial score (nSPS) is 16.8. The number of ether oxygens (including phenoxy) is 2. The van der Waals surface area contributed by atoms with Crippen LogP contribution in [-0.4, -0.2) is 35.3 Å². The lowest BCUT2D eigenvalue weighted by Crippen LogP contribution is -2.45. The van der Waals surface area contributed by atoms with E-state index in [4.69, 9.17) is 21.1 Å². The smallest absolute Gasteiger partial charge is 0.215 e. The number of sulfonamides is 1. The molecule has 2 aromatic carbocycles. The lowest BCUT2D eigenvalue weighted by molar-refractivity contribution is 0.0509. The second kappa shape index (κ2) is 8.61. The van der Waals surface area contributed by atoms with E-state index >= 15 is 0 Å². The fraction of sp³-hybridized carbons (Fsp3) is 0.400. The second-order valence-electron chi connectivity index (χ2n) is 6.76. The van der Waals surface area contributed by atoms with Crippen LogP contribution in [0.3, 0.4) is 0 Å². The van der Waals surface area contributed by atoms with Gasteiger partial charge in [0.1, 0.15) is 5.75 Å². The summed E-state index contributed by atoms with van der Waals surface area (Å²) in [5, 5.41) is 0.452. The SMILES string of the molecule is COc1ccccc1C1(CNS(=O)(=O)Cc2ccccc2Cl)CCOCC1. The molecule has 1 aliphatic heterocycles. The van der Waals surface area contributed by atoms with E-state index < -0.39 is 10.0 Å². The summed E-state index contributed by atoms with van der Waals surface area (Å²) in [6.07, 6.45) is 1.45. The quantitative estimate of drug-likeness (QED) is 0.759. The Morgan fingerprint density at radius 1 is 1.11 bits per heavy atom. The number of benzene rings is 2. The Labute approximate surface area is 165 Å². The van der Waals surface area contributed by atoms with Gasteiger partial charge in [-0.15, -0.1) is 0 Å². The Hall–Kier alpha value is -1.60. The van der Waals surface area contributed by atoms with Crippen LogP contribution in [0.15, 0.2) is 48.5 Å². The summed E-state index contributed by atoms with van der Waals surface area (Å²) < 4.78 is 39.2. The van der Waals surface area contributed by atoms with Crippen molar-refractivity contribution in [1.29, 1.82) is 0 Å². The number of para-hydroxylation sites is 1. The summed E-state index contributed by atoms with van der Waals surface area (Å²) in [7, 11) is -1.91. The third-order valence-electron chi connectivity index (χ3n) is 5.06. The third-order valence-corrected chi connectivity index (χ3v) is 6.71. The van der Waals surface area contributed by atoms with Crippen LogP contribution in [0.1, 0.15) is 24.0 Å². The van der Waals surface area contributed by atoms with Crippen LogP contribution in [0, 0.1) is 0 Å². The molecule has 1 saturated heterocycles. The Morgan fingerprint density at radius 2 is 1.78 bits per heavy atom. The van der Waals surface area contributed by atoms with E-state index in [2.05, 4.69) is 4.72 Å². The first-order valence-corrected chi connectivity index (χ1v) is 10.9. The lowest BCUT2D eigenvalue weighted by atomic mass is 9.74. The average Bonchev–Trinajstić information content (AvgIpc) is 2.69. The maximum atomic E-state index is 12.7. The highest BCUT2D eigenvalue weighted by Gasteiger charge is 2.37. The minimum absolute atomic E-state index is 0.148. The van der Waals surface area contributed by atoms with E-state index in [1.54, 1.807) is 31.4 Å². The fourth-order valence-corrected chi connectivity index (χ4v) is 5.05. The Balaban J connectivity index is 1.82. The van der Waals surface area contributed by atoms with Gasteiger partial charge in [0.15, 0.2) is 0 Å². The van der Waals surface area contributed by atoms with Gasteiger partial charge in [0.05, 0.1) is 12.9 Å². The second-order valence-corrected chi connectivity index (χ2v) is 8.98. The van der Waals surface area contributed by atoms with E-state index in [-0.39, 0.29) is 11.2 Å². The Bertz CT molecular complexity index is 879. The van der Waals surface area contributed by atoms with Gasteiger partial charge < -0.3 is 9.47 Å². The zero-order valence-corrected chi connectivity index (χ0v) is 16.9. The van der Waals surface area contributed by atoms with Crippen molar-refractivity contribution in [3.63, 3.8) is 0 Å². The van der Waals surface area contributed by atoms with Crippen molar-refractivity contribution < 1.29 is 17.9 Å². The number of hydrogen-bond donors (Lipinski definition) is 1. The number of halogens is 1. The standard InChI is InChI=1S/C20H24ClNO4S/c1-25-19-9-5-3-7-17(19)20(10-12-26-13-11-20)15-22-27(23,24)14-16-6-2-4-8-18(16)21/h2-9,22H,10-15H2,1H3. The van der Waals surface area contributed by atoms with Crippen LogP contribution in [0.4, 0.5) is 0 Å². The molecule has 0 aromatic heterocycles. The van der Waals surface area contributed by atoms with E-state index in [1.807, 2.05) is 24.3 Å². The topological polar surface area (TPSA) is 64.6 Å². The molecule has 0 spiro atoms. The predicted molar refractivity (Wildman–Crippen MR) is 107 cm³/mol. The molecule has 146 valence electrons. The van der Waals surface area contributed by atoms with Crippen LogP contribution in [-0.2, 0) is 25.9 Å². The molecule has 5 nitrogen and oxygen atoms in total. The van der Waals surface area contributed by atoms with E-state index in [1.165, 1.54) is 0 Å². The minimum Gasteiger partial charge on any atom is -0.496 e. The largest absolute Gasteiger partial charge is 0.496 e. The van der Waals surface area contributed by atoms with Gasteiger partial charge in [-0.25, -0.2) is 13.1 Å². The lowest BCUT2D eigenvalue weighted by Gasteiger charge is -2.38. The van der Waals surface area contributed by atoms with Crippen LogP contribution in [0.5, 0.6) is 5.75 Å². The van der Waals surface area contributed by atoms with Crippen LogP contribution >= 0.6 is 11.6 Å². The molecule has 0 amide bonds. The first-order chi connectivity index (χ1) is 13.0. The van der Waals surface area contributed by atoms with Crippen molar-refractivity contribution in [2.24, 2.45) is 0 Å². The van der Waals surface area contributed by atoms with Crippen molar-refractivity contribution in [1.82, 2.24) is 4.72 Å². The molecular weight excluding hydrogens is 386 g/mol. The molecule has 2 aromatic rings. The molecule has 0 radical (unpaired) electrons. The summed E-state index contributed by atoms with van der Waals surface area (Å²) in [5.74, 6) is 0.621. The van der Waals surface area contributed by atoms with Crippen molar-refractivity contribution in [2.75, 3.05) is 26.9 Å². The highest BCUT2D eigenvalue weighted by molar-refractivity contribution is 7.88. The van der Waals surface area contributed by atoms with Gasteiger partial charge in [-0.2, -0.15) is 0 Å². The van der Waals surface area contributed by atoms with Gasteiger partial charge in [0, 0.05) is 35.8 Å². The van der Waals surface area contributed by atoms with Crippen molar-refractivity contribution in [3.05, 3.63) is 64.7 Å². The van der Waals surface area contributed by atoms with Gasteiger partial charge in [-0.05, 0) is 30.5 Å². The van der Waals surface area contributed by atoms with Crippen LogP contribution in [0.2, 0.25) is 5.02 Å². The Kier molecular flexibility index (Phi) is 6.42. The van der Waals surface area contributed by atoms with Gasteiger partial charge in [-0.1, -0.05) is 48.0 Å². The molecule has 0 bridgehead atoms. The molecule has 0 aliphatic carbocycles. The van der Waals surface area contributed by atoms with Gasteiger partial charge in [-0.3, -0.25) is 0 Å². The van der Waals surface area contributed by atoms with E-state index in [9.17, 15) is 8.42 Å². The van der Waals surface area contributed by atoms with Crippen LogP contribution < -0.4 is 9.46 Å². The molecule has 0 atom stereocenters. The molecule has 1 heterocycles. The summed E-state index contributed by atoms with van der Waals surface area (Å²) in [4.78, 5) is 0.